The second-order valence-corrected chi connectivity index (χ2v) is 32.4. The fourth-order valence-corrected chi connectivity index (χ4v) is 16.6. The van der Waals surface area contributed by atoms with Gasteiger partial charge in [-0.3, -0.25) is 0 Å². The number of hydrogen-bond acceptors (Lipinski definition) is 3. The molecule has 0 spiro atoms. The first kappa shape index (κ1) is 80.5. The summed E-state index contributed by atoms with van der Waals surface area (Å²) in [6.45, 7) is 30.1. The van der Waals surface area contributed by atoms with Crippen LogP contribution in [0.2, 0.25) is 0 Å². The first-order chi connectivity index (χ1) is 54.6. The van der Waals surface area contributed by atoms with E-state index >= 15 is 0 Å². The first-order valence-corrected chi connectivity index (χ1v) is 40.6. The molecule has 19 rings (SSSR count). The minimum atomic E-state index is -0.182. The molecular formula is C109H101FOS2. The lowest BCUT2D eigenvalue weighted by atomic mass is 9.87. The monoisotopic (exact) mass is 1510 g/mol. The highest BCUT2D eigenvalue weighted by Crippen LogP contribution is 2.42. The Morgan fingerprint density at radius 2 is 0.673 bits per heavy atom. The smallest absolute Gasteiger partial charge is 0.138 e. The lowest BCUT2D eigenvalue weighted by Gasteiger charge is -2.18. The van der Waals surface area contributed by atoms with Crippen molar-refractivity contribution in [3.05, 3.63) is 430 Å². The molecule has 0 saturated carbocycles. The van der Waals surface area contributed by atoms with Gasteiger partial charge in [-0.2, -0.15) is 0 Å². The second-order valence-electron chi connectivity index (χ2n) is 30.3. The summed E-state index contributed by atoms with van der Waals surface area (Å²) in [5, 5.41) is 10.3. The van der Waals surface area contributed by atoms with Crippen molar-refractivity contribution >= 4 is 95.7 Å². The van der Waals surface area contributed by atoms with Crippen LogP contribution in [0.25, 0.3) is 118 Å². The van der Waals surface area contributed by atoms with Crippen molar-refractivity contribution in [3.8, 4) is 44.5 Å². The Kier molecular flexibility index (Phi) is 26.9. The number of furan rings is 1. The summed E-state index contributed by atoms with van der Waals surface area (Å²) < 4.78 is 24.9. The standard InChI is InChI=1S/C19H14S.C17H13F.C13H10O.C13H10S.2C13H12.C11H16.C10H14/c1-13-7-5-11-16-17-12-6-10-15(19(17)20-18(13)16)14-8-3-2-4-9-14;1-12-9-14(11-15(18)10-12)17-8-4-6-13-5-2-3-7-16(13)17;2*1-9-5-4-7-11-10-6-2-3-8-12(10)14-13(9)11;1-11-7-5-6-10-13(11)12-8-3-2-4-9-12;1-11-7-9-13(10-8-11)12-5-3-2-4-6-12;1-9-5-7-10(8-6-9)11(2,3)4;1-7-5-8(2)10(4)9(3)6-7/h2-12H,1H3;2-11H,1H3;2*2-8H,1H3;2*2-10H,1H3;5-8H,1-4H3;5-6H,1-4H3. The molecule has 0 atom stereocenters. The van der Waals surface area contributed by atoms with Crippen molar-refractivity contribution < 1.29 is 8.81 Å². The Hall–Kier alpha value is -12.1. The molecule has 562 valence electrons. The van der Waals surface area contributed by atoms with Crippen LogP contribution >= 0.6 is 22.7 Å². The summed E-state index contributed by atoms with van der Waals surface area (Å²) in [4.78, 5) is 0. The molecule has 16 aromatic carbocycles. The third-order valence-electron chi connectivity index (χ3n) is 20.5. The maximum atomic E-state index is 13.5. The predicted octanol–water partition coefficient (Wildman–Crippen LogP) is 32.8. The van der Waals surface area contributed by atoms with Gasteiger partial charge in [-0.25, -0.2) is 4.39 Å². The highest BCUT2D eigenvalue weighted by atomic mass is 32.1. The maximum absolute atomic E-state index is 13.5. The van der Waals surface area contributed by atoms with Crippen LogP contribution in [0, 0.1) is 82.0 Å². The zero-order valence-corrected chi connectivity index (χ0v) is 69.3. The van der Waals surface area contributed by atoms with E-state index in [9.17, 15) is 4.39 Å². The highest BCUT2D eigenvalue weighted by molar-refractivity contribution is 7.26. The highest BCUT2D eigenvalue weighted by Gasteiger charge is 2.14. The van der Waals surface area contributed by atoms with E-state index in [1.807, 2.05) is 90.3 Å². The SMILES string of the molecule is Cc1cc(C)c(C)c(C)c1.Cc1cc(F)cc(-c2cccc3ccccc23)c1.Cc1ccc(-c2ccccc2)cc1.Cc1ccc(C(C)(C)C)cc1.Cc1cccc2c1oc1ccccc12.Cc1cccc2c1sc1c(-c3ccccc3)cccc12.Cc1cccc2c1sc1ccccc12.Cc1ccccc1-c1ccccc1. The van der Waals surface area contributed by atoms with E-state index in [0.717, 1.165) is 33.2 Å². The van der Waals surface area contributed by atoms with Crippen LogP contribution in [-0.4, -0.2) is 0 Å². The summed E-state index contributed by atoms with van der Waals surface area (Å²) in [6.07, 6.45) is 0. The Bertz CT molecular complexity index is 6170. The first-order valence-electron chi connectivity index (χ1n) is 39.0. The number of fused-ring (bicyclic) bond motifs is 10. The molecule has 0 N–H and O–H groups in total. The number of rotatable bonds is 4. The molecule has 3 aromatic heterocycles. The van der Waals surface area contributed by atoms with E-state index in [4.69, 9.17) is 4.42 Å². The van der Waals surface area contributed by atoms with E-state index < -0.39 is 0 Å². The summed E-state index contributed by atoms with van der Waals surface area (Å²) >= 11 is 3.80. The predicted molar refractivity (Wildman–Crippen MR) is 495 cm³/mol. The molecule has 0 aliphatic rings. The van der Waals surface area contributed by atoms with Gasteiger partial charge in [-0.05, 0) is 211 Å². The molecule has 0 bridgehead atoms. The van der Waals surface area contributed by atoms with E-state index in [1.54, 1.807) is 12.1 Å². The fraction of sp³-hybridized carbons (Fsp3) is 0.138. The molecular weight excluding hydrogens is 1410 g/mol. The van der Waals surface area contributed by atoms with Crippen molar-refractivity contribution in [3.63, 3.8) is 0 Å². The Morgan fingerprint density at radius 1 is 0.257 bits per heavy atom. The number of halogens is 1. The van der Waals surface area contributed by atoms with Crippen LogP contribution in [-0.2, 0) is 5.41 Å². The second kappa shape index (κ2) is 37.8. The Morgan fingerprint density at radius 3 is 1.28 bits per heavy atom. The van der Waals surface area contributed by atoms with Gasteiger partial charge in [0, 0.05) is 51.1 Å². The van der Waals surface area contributed by atoms with Crippen molar-refractivity contribution in [2.75, 3.05) is 0 Å². The third kappa shape index (κ3) is 20.6. The maximum Gasteiger partial charge on any atom is 0.138 e. The molecule has 0 aliphatic heterocycles. The Balaban J connectivity index is 0.000000121. The third-order valence-corrected chi connectivity index (χ3v) is 23.2. The average molecular weight is 1510 g/mol. The van der Waals surface area contributed by atoms with E-state index in [2.05, 4.69) is 375 Å². The molecule has 1 nitrogen and oxygen atoms in total. The van der Waals surface area contributed by atoms with Gasteiger partial charge in [0.25, 0.3) is 0 Å². The van der Waals surface area contributed by atoms with Crippen LogP contribution in [0.15, 0.2) is 362 Å². The van der Waals surface area contributed by atoms with Gasteiger partial charge in [0.05, 0.1) is 0 Å². The lowest BCUT2D eigenvalue weighted by Crippen LogP contribution is -2.10. The van der Waals surface area contributed by atoms with Gasteiger partial charge in [-0.15, -0.1) is 22.7 Å². The van der Waals surface area contributed by atoms with Crippen LogP contribution < -0.4 is 0 Å². The van der Waals surface area contributed by atoms with E-state index in [1.165, 1.54) is 151 Å². The van der Waals surface area contributed by atoms with E-state index in [-0.39, 0.29) is 11.2 Å². The molecule has 3 heterocycles. The number of hydrogen-bond donors (Lipinski definition) is 0. The summed E-state index contributed by atoms with van der Waals surface area (Å²) in [5.74, 6) is -0.182. The van der Waals surface area contributed by atoms with Gasteiger partial charge in [-0.1, -0.05) is 371 Å². The van der Waals surface area contributed by atoms with Crippen molar-refractivity contribution in [1.29, 1.82) is 0 Å². The fourth-order valence-electron chi connectivity index (χ4n) is 14.1. The number of benzene rings is 16. The van der Waals surface area contributed by atoms with Gasteiger partial charge < -0.3 is 4.42 Å². The molecule has 0 fully saturated rings. The number of para-hydroxylation sites is 2. The molecule has 4 heteroatoms. The molecule has 19 aromatic rings. The topological polar surface area (TPSA) is 13.1 Å². The minimum Gasteiger partial charge on any atom is -0.456 e. The summed E-state index contributed by atoms with van der Waals surface area (Å²) in [6, 6.07) is 124. The number of thiophene rings is 2. The van der Waals surface area contributed by atoms with Crippen LogP contribution in [0.3, 0.4) is 0 Å². The van der Waals surface area contributed by atoms with Gasteiger partial charge in [0.1, 0.15) is 17.0 Å². The zero-order chi connectivity index (χ0) is 79.5. The molecule has 113 heavy (non-hydrogen) atoms. The summed E-state index contributed by atoms with van der Waals surface area (Å²) in [5.41, 5.74) is 27.9. The van der Waals surface area contributed by atoms with Crippen molar-refractivity contribution in [2.24, 2.45) is 0 Å². The minimum absolute atomic E-state index is 0.182. The van der Waals surface area contributed by atoms with Crippen molar-refractivity contribution in [2.45, 2.75) is 102 Å². The molecule has 0 saturated heterocycles. The van der Waals surface area contributed by atoms with Crippen LogP contribution in [0.1, 0.15) is 87.5 Å². The van der Waals surface area contributed by atoms with Crippen molar-refractivity contribution in [1.82, 2.24) is 0 Å². The molecule has 0 unspecified atom stereocenters. The summed E-state index contributed by atoms with van der Waals surface area (Å²) in [7, 11) is 0. The largest absolute Gasteiger partial charge is 0.456 e. The van der Waals surface area contributed by atoms with Gasteiger partial charge in [0.2, 0.25) is 0 Å². The van der Waals surface area contributed by atoms with Gasteiger partial charge in [0.15, 0.2) is 0 Å². The molecule has 0 radical (unpaired) electrons. The Labute approximate surface area is 677 Å². The molecule has 0 aliphatic carbocycles. The van der Waals surface area contributed by atoms with E-state index in [0.29, 0.717) is 0 Å². The quantitative estimate of drug-likeness (QED) is 0.171. The number of aryl methyl sites for hydroxylation is 10. The normalized spacial score (nSPS) is 10.8. The van der Waals surface area contributed by atoms with Gasteiger partial charge >= 0.3 is 0 Å². The van der Waals surface area contributed by atoms with Crippen LogP contribution in [0.5, 0.6) is 0 Å². The lowest BCUT2D eigenvalue weighted by molar-refractivity contribution is 0.590. The molecule has 0 amide bonds. The zero-order valence-electron chi connectivity index (χ0n) is 67.7. The average Bonchev–Trinajstić information content (AvgIpc) is 1.61. The van der Waals surface area contributed by atoms with Crippen LogP contribution in [0.4, 0.5) is 4.39 Å².